The summed E-state index contributed by atoms with van der Waals surface area (Å²) < 4.78 is 0. The molecule has 0 saturated heterocycles. The van der Waals surface area contributed by atoms with E-state index < -0.39 is 0 Å². The van der Waals surface area contributed by atoms with E-state index in [4.69, 9.17) is 11.3 Å². The molecule has 0 radical (unpaired) electrons. The molecular weight excluding hydrogens is 266 g/mol. The Bertz CT molecular complexity index is 542. The van der Waals surface area contributed by atoms with E-state index >= 15 is 0 Å². The molecule has 6 nitrogen and oxygen atoms in total. The smallest absolute Gasteiger partial charge is 0.207 e. The molecule has 0 bridgehead atoms. The summed E-state index contributed by atoms with van der Waals surface area (Å²) >= 11 is 0. The first-order valence-electron chi connectivity index (χ1n) is 6.35. The van der Waals surface area contributed by atoms with Crippen LogP contribution in [0.5, 0.6) is 0 Å². The number of nitrogens with two attached hydrogens (primary N) is 1. The van der Waals surface area contributed by atoms with Gasteiger partial charge in [0.2, 0.25) is 6.41 Å². The lowest BCUT2D eigenvalue weighted by molar-refractivity contribution is -0.109. The Kier molecular flexibility index (Phi) is 6.99. The van der Waals surface area contributed by atoms with Crippen LogP contribution >= 0.6 is 0 Å². The Balaban J connectivity index is 0.000000211. The summed E-state index contributed by atoms with van der Waals surface area (Å²) in [7, 11) is 1.71. The first-order chi connectivity index (χ1) is 10.2. The Morgan fingerprint density at radius 3 is 2.33 bits per heavy atom. The van der Waals surface area contributed by atoms with Crippen LogP contribution < -0.4 is 16.1 Å². The van der Waals surface area contributed by atoms with Crippen molar-refractivity contribution in [2.75, 3.05) is 17.8 Å². The highest BCUT2D eigenvalue weighted by atomic mass is 16.1. The molecule has 2 aromatic rings. The Morgan fingerprint density at radius 2 is 1.81 bits per heavy atom. The lowest BCUT2D eigenvalue weighted by atomic mass is 10.2. The number of nitrogen functional groups attached to an aromatic ring is 1. The normalized spacial score (nSPS) is 9.00. The number of amides is 1. The van der Waals surface area contributed by atoms with E-state index in [0.717, 1.165) is 11.3 Å². The molecule has 0 spiro atoms. The maximum absolute atomic E-state index is 9.87. The third-order valence-corrected chi connectivity index (χ3v) is 2.65. The van der Waals surface area contributed by atoms with Gasteiger partial charge in [0, 0.05) is 19.3 Å². The third-order valence-electron chi connectivity index (χ3n) is 2.65. The number of anilines is 2. The summed E-state index contributed by atoms with van der Waals surface area (Å²) in [5.41, 5.74) is 14.9. The topological polar surface area (TPSA) is 94.6 Å². The minimum atomic E-state index is 0.615. The van der Waals surface area contributed by atoms with Gasteiger partial charge in [0.05, 0.1) is 5.69 Å². The number of hydrogen-bond donors (Lipinski definition) is 3. The van der Waals surface area contributed by atoms with E-state index in [0.29, 0.717) is 18.6 Å². The number of hydrogen-bond acceptors (Lipinski definition) is 4. The van der Waals surface area contributed by atoms with Crippen LogP contribution in [0.3, 0.4) is 0 Å². The van der Waals surface area contributed by atoms with Crippen LogP contribution in [-0.2, 0) is 11.3 Å². The van der Waals surface area contributed by atoms with Crippen molar-refractivity contribution in [1.82, 2.24) is 5.32 Å². The molecule has 21 heavy (non-hydrogen) atoms. The minimum Gasteiger partial charge on any atom is -0.399 e. The summed E-state index contributed by atoms with van der Waals surface area (Å²) in [4.78, 5) is 9.87. The average Bonchev–Trinajstić information content (AvgIpc) is 2.54. The lowest BCUT2D eigenvalue weighted by Gasteiger charge is -2.09. The summed E-state index contributed by atoms with van der Waals surface area (Å²) in [5.74, 6) is 0. The largest absolute Gasteiger partial charge is 0.399 e. The van der Waals surface area contributed by atoms with Gasteiger partial charge >= 0.3 is 0 Å². The number of carbonyl (C=O) groups excluding carboxylic acids is 1. The predicted octanol–water partition coefficient (Wildman–Crippen LogP) is 2.58. The molecule has 0 unspecified atom stereocenters. The fourth-order valence-electron chi connectivity index (χ4n) is 1.50. The monoisotopic (exact) mass is 285 g/mol. The summed E-state index contributed by atoms with van der Waals surface area (Å²) in [6.07, 6.45) is 0.701. The zero-order valence-electron chi connectivity index (χ0n) is 11.9. The van der Waals surface area contributed by atoms with Gasteiger partial charge in [-0.1, -0.05) is 35.6 Å². The van der Waals surface area contributed by atoms with Crippen molar-refractivity contribution in [2.45, 2.75) is 6.54 Å². The highest BCUT2D eigenvalue weighted by molar-refractivity contribution is 5.51. The van der Waals surface area contributed by atoms with Crippen LogP contribution in [0, 0.1) is 5.53 Å². The molecule has 0 saturated carbocycles. The van der Waals surface area contributed by atoms with Gasteiger partial charge in [-0.2, -0.15) is 5.53 Å². The van der Waals surface area contributed by atoms with E-state index in [1.54, 1.807) is 19.2 Å². The molecule has 110 valence electrons. The zero-order valence-corrected chi connectivity index (χ0v) is 11.9. The van der Waals surface area contributed by atoms with E-state index in [1.807, 2.05) is 42.5 Å². The Labute approximate surface area is 124 Å². The molecular formula is C15H19N5O. The first-order valence-corrected chi connectivity index (χ1v) is 6.35. The molecule has 0 heterocycles. The third kappa shape index (κ3) is 6.20. The van der Waals surface area contributed by atoms with Gasteiger partial charge in [-0.15, -0.1) is 0 Å². The van der Waals surface area contributed by atoms with Crippen LogP contribution in [0.1, 0.15) is 5.56 Å². The standard InChI is InChI=1S/C8H9NO.C7H10N4/c10-7-9-6-8-4-2-1-3-5-8;1-11(10-9)7-4-2-6(8)3-5-7/h1-5,7H,6H2,(H,9,10);2-5,9H,8H2,1H3. The SMILES string of the molecule is CN(N=N)c1ccc(N)cc1.O=CNCc1ccccc1. The number of rotatable bonds is 5. The lowest BCUT2D eigenvalue weighted by Crippen LogP contribution is -2.09. The van der Waals surface area contributed by atoms with Crippen molar-refractivity contribution in [3.63, 3.8) is 0 Å². The van der Waals surface area contributed by atoms with E-state index in [-0.39, 0.29) is 0 Å². The van der Waals surface area contributed by atoms with Gasteiger partial charge in [0.15, 0.2) is 0 Å². The highest BCUT2D eigenvalue weighted by Gasteiger charge is 1.95. The number of nitrogens with zero attached hydrogens (tertiary/aromatic N) is 2. The zero-order chi connectivity index (χ0) is 15.5. The van der Waals surface area contributed by atoms with Crippen LogP contribution in [0.2, 0.25) is 0 Å². The second kappa shape index (κ2) is 9.08. The number of benzene rings is 2. The van der Waals surface area contributed by atoms with E-state index in [2.05, 4.69) is 10.5 Å². The summed E-state index contributed by atoms with van der Waals surface area (Å²) in [6, 6.07) is 17.0. The van der Waals surface area contributed by atoms with Gasteiger partial charge < -0.3 is 11.1 Å². The summed E-state index contributed by atoms with van der Waals surface area (Å²) in [6.45, 7) is 0.615. The molecule has 0 fully saturated rings. The van der Waals surface area contributed by atoms with E-state index in [9.17, 15) is 4.79 Å². The molecule has 1 amide bonds. The van der Waals surface area contributed by atoms with Crippen molar-refractivity contribution < 1.29 is 4.79 Å². The highest BCUT2D eigenvalue weighted by Crippen LogP contribution is 2.14. The van der Waals surface area contributed by atoms with Gasteiger partial charge in [-0.25, -0.2) is 0 Å². The maximum atomic E-state index is 9.87. The van der Waals surface area contributed by atoms with Gasteiger partial charge in [-0.05, 0) is 29.8 Å². The Hall–Kier alpha value is -2.89. The molecule has 0 aliphatic carbocycles. The van der Waals surface area contributed by atoms with Crippen LogP contribution in [0.25, 0.3) is 0 Å². The second-order valence-corrected chi connectivity index (χ2v) is 4.20. The predicted molar refractivity (Wildman–Crippen MR) is 83.8 cm³/mol. The summed E-state index contributed by atoms with van der Waals surface area (Å²) in [5, 5.41) is 7.27. The van der Waals surface area contributed by atoms with Crippen molar-refractivity contribution >= 4 is 17.8 Å². The molecule has 2 aromatic carbocycles. The molecule has 0 aliphatic heterocycles. The van der Waals surface area contributed by atoms with Crippen molar-refractivity contribution in [3.05, 3.63) is 60.2 Å². The van der Waals surface area contributed by atoms with Gasteiger partial charge in [-0.3, -0.25) is 9.80 Å². The van der Waals surface area contributed by atoms with Crippen molar-refractivity contribution in [2.24, 2.45) is 5.22 Å². The molecule has 6 heteroatoms. The van der Waals surface area contributed by atoms with Crippen LogP contribution in [-0.4, -0.2) is 13.5 Å². The molecule has 0 aliphatic rings. The number of nitrogens with one attached hydrogen (secondary N) is 2. The molecule has 0 atom stereocenters. The number of carbonyl (C=O) groups is 1. The second-order valence-electron chi connectivity index (χ2n) is 4.20. The first kappa shape index (κ1) is 16.2. The Morgan fingerprint density at radius 1 is 1.19 bits per heavy atom. The average molecular weight is 285 g/mol. The fourth-order valence-corrected chi connectivity index (χ4v) is 1.50. The minimum absolute atomic E-state index is 0.615. The molecule has 4 N–H and O–H groups in total. The quantitative estimate of drug-likeness (QED) is 0.341. The maximum Gasteiger partial charge on any atom is 0.207 e. The van der Waals surface area contributed by atoms with Gasteiger partial charge in [0.25, 0.3) is 0 Å². The molecule has 2 rings (SSSR count). The van der Waals surface area contributed by atoms with Crippen molar-refractivity contribution in [3.8, 4) is 0 Å². The van der Waals surface area contributed by atoms with Crippen LogP contribution in [0.4, 0.5) is 11.4 Å². The van der Waals surface area contributed by atoms with E-state index in [1.165, 1.54) is 5.01 Å². The van der Waals surface area contributed by atoms with Crippen molar-refractivity contribution in [1.29, 1.82) is 5.53 Å². The fraction of sp³-hybridized carbons (Fsp3) is 0.133. The molecule has 0 aromatic heterocycles. The van der Waals surface area contributed by atoms with Gasteiger partial charge in [0.1, 0.15) is 0 Å². The van der Waals surface area contributed by atoms with Crippen LogP contribution in [0.15, 0.2) is 59.8 Å².